The van der Waals surface area contributed by atoms with Crippen LogP contribution in [0, 0.1) is 0 Å². The molecule has 1 atom stereocenters. The van der Waals surface area contributed by atoms with Gasteiger partial charge in [-0.15, -0.1) is 0 Å². The molecule has 2 aliphatic rings. The molecule has 166 valence electrons. The summed E-state index contributed by atoms with van der Waals surface area (Å²) in [5, 5.41) is 11.7. The number of Topliss-reactive ketones (excluding diaryl/α,β-unsaturated/α-hetero) is 1. The number of nitrogens with zero attached hydrogens (tertiary/aromatic N) is 2. The van der Waals surface area contributed by atoms with Crippen molar-refractivity contribution in [1.29, 1.82) is 0 Å². The van der Waals surface area contributed by atoms with Gasteiger partial charge < -0.3 is 14.6 Å². The summed E-state index contributed by atoms with van der Waals surface area (Å²) in [6.07, 6.45) is 0. The topological polar surface area (TPSA) is 96.4 Å². The normalized spacial score (nSPS) is 23.4. The zero-order chi connectivity index (χ0) is 22.9. The first kappa shape index (κ1) is 22.0. The molecule has 0 unspecified atom stereocenters. The van der Waals surface area contributed by atoms with Gasteiger partial charge in [0.2, 0.25) is 5.66 Å². The molecular formula is C23H21ClN2O6. The maximum atomic E-state index is 13.5. The van der Waals surface area contributed by atoms with E-state index in [0.29, 0.717) is 10.7 Å². The lowest BCUT2D eigenvalue weighted by Gasteiger charge is -2.45. The minimum absolute atomic E-state index is 0.233. The third kappa shape index (κ3) is 3.37. The molecular weight excluding hydrogens is 436 g/mol. The van der Waals surface area contributed by atoms with E-state index in [2.05, 4.69) is 0 Å². The van der Waals surface area contributed by atoms with Crippen LogP contribution in [0.15, 0.2) is 60.2 Å². The Morgan fingerprint density at radius 1 is 1.06 bits per heavy atom. The summed E-state index contributed by atoms with van der Waals surface area (Å²) in [6.45, 7) is 1.02. The van der Waals surface area contributed by atoms with Crippen molar-refractivity contribution >= 4 is 40.7 Å². The molecule has 0 aliphatic carbocycles. The number of ketones is 1. The standard InChI is InChI=1S/C23H21ClN2O6/c1-31-22(30)23(25-11-13-32-14-12-25)18(19(27)15-7-9-16(24)10-8-15)20(28)21(29)26(23)17-5-3-2-4-6-17/h2-10,27H,11-14H2,1H3/t23-/m0/s1. The highest BCUT2D eigenvalue weighted by Gasteiger charge is 2.66. The van der Waals surface area contributed by atoms with Gasteiger partial charge in [0.15, 0.2) is 0 Å². The molecule has 2 aliphatic heterocycles. The maximum absolute atomic E-state index is 13.5. The van der Waals surface area contributed by atoms with Crippen molar-refractivity contribution in [3.05, 3.63) is 70.8 Å². The lowest BCUT2D eigenvalue weighted by atomic mass is 9.92. The van der Waals surface area contributed by atoms with Crippen molar-refractivity contribution in [2.24, 2.45) is 0 Å². The van der Waals surface area contributed by atoms with Gasteiger partial charge in [-0.25, -0.2) is 4.79 Å². The number of benzene rings is 2. The molecule has 32 heavy (non-hydrogen) atoms. The van der Waals surface area contributed by atoms with Crippen molar-refractivity contribution in [1.82, 2.24) is 4.90 Å². The zero-order valence-electron chi connectivity index (χ0n) is 17.3. The van der Waals surface area contributed by atoms with Crippen molar-refractivity contribution in [2.45, 2.75) is 5.66 Å². The van der Waals surface area contributed by atoms with Crippen LogP contribution >= 0.6 is 11.6 Å². The Hall–Kier alpha value is -3.20. The monoisotopic (exact) mass is 456 g/mol. The molecule has 2 heterocycles. The van der Waals surface area contributed by atoms with Gasteiger partial charge in [-0.3, -0.25) is 19.4 Å². The van der Waals surface area contributed by atoms with Crippen LogP contribution in [0.25, 0.3) is 5.76 Å². The summed E-state index contributed by atoms with van der Waals surface area (Å²) >= 11 is 5.96. The predicted molar refractivity (Wildman–Crippen MR) is 117 cm³/mol. The second kappa shape index (κ2) is 8.74. The van der Waals surface area contributed by atoms with E-state index in [1.165, 1.54) is 19.2 Å². The Morgan fingerprint density at radius 2 is 1.69 bits per heavy atom. The maximum Gasteiger partial charge on any atom is 0.352 e. The van der Waals surface area contributed by atoms with Crippen molar-refractivity contribution in [2.75, 3.05) is 38.3 Å². The number of aliphatic hydroxyl groups excluding tert-OH is 1. The fourth-order valence-electron chi connectivity index (χ4n) is 4.18. The van der Waals surface area contributed by atoms with E-state index >= 15 is 0 Å². The molecule has 4 rings (SSSR count). The molecule has 2 aromatic rings. The summed E-state index contributed by atoms with van der Waals surface area (Å²) in [5.41, 5.74) is -1.80. The third-order valence-corrected chi connectivity index (χ3v) is 5.86. The summed E-state index contributed by atoms with van der Waals surface area (Å²) in [5.74, 6) is -3.28. The quantitative estimate of drug-likeness (QED) is 0.326. The fraction of sp³-hybridized carbons (Fsp3) is 0.261. The molecule has 0 radical (unpaired) electrons. The smallest absolute Gasteiger partial charge is 0.352 e. The summed E-state index contributed by atoms with van der Waals surface area (Å²) in [6, 6.07) is 14.5. The lowest BCUT2D eigenvalue weighted by Crippen LogP contribution is -2.67. The first-order valence-corrected chi connectivity index (χ1v) is 10.4. The fourth-order valence-corrected chi connectivity index (χ4v) is 4.31. The van der Waals surface area contributed by atoms with E-state index in [9.17, 15) is 19.5 Å². The molecule has 1 N–H and O–H groups in total. The van der Waals surface area contributed by atoms with E-state index in [1.807, 2.05) is 0 Å². The highest BCUT2D eigenvalue weighted by molar-refractivity contribution is 6.54. The number of esters is 1. The van der Waals surface area contributed by atoms with Crippen LogP contribution in [-0.2, 0) is 23.9 Å². The largest absolute Gasteiger partial charge is 0.507 e. The number of hydrogen-bond acceptors (Lipinski definition) is 7. The van der Waals surface area contributed by atoms with Crippen LogP contribution in [0.1, 0.15) is 5.56 Å². The zero-order valence-corrected chi connectivity index (χ0v) is 18.0. The molecule has 8 nitrogen and oxygen atoms in total. The Balaban J connectivity index is 2.05. The van der Waals surface area contributed by atoms with Crippen LogP contribution in [-0.4, -0.2) is 66.7 Å². The van der Waals surface area contributed by atoms with Crippen LogP contribution < -0.4 is 4.90 Å². The first-order chi connectivity index (χ1) is 15.4. The number of hydrogen-bond donors (Lipinski definition) is 1. The molecule has 2 aromatic carbocycles. The highest BCUT2D eigenvalue weighted by Crippen LogP contribution is 2.44. The number of amides is 1. The number of para-hydroxylation sites is 1. The predicted octanol–water partition coefficient (Wildman–Crippen LogP) is 2.43. The van der Waals surface area contributed by atoms with E-state index in [4.69, 9.17) is 21.1 Å². The number of anilines is 1. The van der Waals surface area contributed by atoms with E-state index in [0.717, 1.165) is 4.90 Å². The SMILES string of the molecule is COC(=O)[C@]1(N2CCOCC2)C(=C(O)c2ccc(Cl)cc2)C(=O)C(=O)N1c1ccccc1. The molecule has 9 heteroatoms. The van der Waals surface area contributed by atoms with Gasteiger partial charge in [0.25, 0.3) is 5.78 Å². The molecule has 1 amide bonds. The second-order valence-electron chi connectivity index (χ2n) is 7.30. The third-order valence-electron chi connectivity index (χ3n) is 5.60. The lowest BCUT2D eigenvalue weighted by molar-refractivity contribution is -0.155. The van der Waals surface area contributed by atoms with Gasteiger partial charge in [-0.05, 0) is 36.4 Å². The van der Waals surface area contributed by atoms with Crippen LogP contribution in [0.5, 0.6) is 0 Å². The van der Waals surface area contributed by atoms with Gasteiger partial charge in [0.05, 0.1) is 20.3 Å². The number of aliphatic hydroxyl groups is 1. The average molecular weight is 457 g/mol. The number of carbonyl (C=O) groups is 3. The number of ether oxygens (including phenoxy) is 2. The van der Waals surface area contributed by atoms with E-state index < -0.39 is 29.1 Å². The second-order valence-corrected chi connectivity index (χ2v) is 7.74. The summed E-state index contributed by atoms with van der Waals surface area (Å²) in [7, 11) is 1.18. The van der Waals surface area contributed by atoms with Gasteiger partial charge in [0.1, 0.15) is 11.3 Å². The van der Waals surface area contributed by atoms with Crippen molar-refractivity contribution < 1.29 is 29.0 Å². The molecule has 0 spiro atoms. The number of carbonyl (C=O) groups excluding carboxylic acids is 3. The Morgan fingerprint density at radius 3 is 2.28 bits per heavy atom. The molecule has 0 bridgehead atoms. The van der Waals surface area contributed by atoms with Gasteiger partial charge in [-0.2, -0.15) is 0 Å². The summed E-state index contributed by atoms with van der Waals surface area (Å²) in [4.78, 5) is 42.9. The first-order valence-electron chi connectivity index (χ1n) is 9.97. The molecule has 0 saturated carbocycles. The number of halogens is 1. The van der Waals surface area contributed by atoms with Crippen molar-refractivity contribution in [3.63, 3.8) is 0 Å². The Bertz CT molecular complexity index is 1080. The number of methoxy groups -OCH3 is 1. The van der Waals surface area contributed by atoms with Gasteiger partial charge in [-0.1, -0.05) is 29.8 Å². The average Bonchev–Trinajstić information content (AvgIpc) is 3.07. The highest BCUT2D eigenvalue weighted by atomic mass is 35.5. The van der Waals surface area contributed by atoms with Crippen LogP contribution in [0.3, 0.4) is 0 Å². The van der Waals surface area contributed by atoms with Gasteiger partial charge >= 0.3 is 11.9 Å². The molecule has 0 aromatic heterocycles. The van der Waals surface area contributed by atoms with Gasteiger partial charge in [0, 0.05) is 29.4 Å². The van der Waals surface area contributed by atoms with E-state index in [-0.39, 0.29) is 37.4 Å². The van der Waals surface area contributed by atoms with Crippen LogP contribution in [0.2, 0.25) is 5.02 Å². The number of rotatable bonds is 4. The minimum Gasteiger partial charge on any atom is -0.507 e. The number of morpholine rings is 1. The molecule has 2 saturated heterocycles. The summed E-state index contributed by atoms with van der Waals surface area (Å²) < 4.78 is 10.6. The van der Waals surface area contributed by atoms with Crippen LogP contribution in [0.4, 0.5) is 5.69 Å². The Labute approximate surface area is 189 Å². The Kier molecular flexibility index (Phi) is 6.01. The minimum atomic E-state index is -2.00. The van der Waals surface area contributed by atoms with Crippen molar-refractivity contribution in [3.8, 4) is 0 Å². The molecule has 2 fully saturated rings. The van der Waals surface area contributed by atoms with E-state index in [1.54, 1.807) is 47.4 Å².